The molecule has 0 N–H and O–H groups in total. The smallest absolute Gasteiger partial charge is 0.0700 e. The first-order chi connectivity index (χ1) is 5.85. The molecule has 0 heterocycles. The Morgan fingerprint density at radius 1 is 1.08 bits per heavy atom. The SMILES string of the molecule is CCN(CCOCCOC)OC. The van der Waals surface area contributed by atoms with E-state index in [-0.39, 0.29) is 0 Å². The molecule has 12 heavy (non-hydrogen) atoms. The Bertz CT molecular complexity index is 86.4. The summed E-state index contributed by atoms with van der Waals surface area (Å²) in [6.07, 6.45) is 0. The third-order valence-electron chi connectivity index (χ3n) is 1.53. The molecule has 0 spiro atoms. The van der Waals surface area contributed by atoms with Crippen molar-refractivity contribution in [2.24, 2.45) is 0 Å². The van der Waals surface area contributed by atoms with Gasteiger partial charge in [-0.2, -0.15) is 5.06 Å². The van der Waals surface area contributed by atoms with Gasteiger partial charge in [-0.3, -0.25) is 0 Å². The second kappa shape index (κ2) is 8.93. The molecule has 0 radical (unpaired) electrons. The van der Waals surface area contributed by atoms with Crippen LogP contribution in [0.1, 0.15) is 6.92 Å². The van der Waals surface area contributed by atoms with Crippen LogP contribution in [0.2, 0.25) is 0 Å². The van der Waals surface area contributed by atoms with Gasteiger partial charge in [0.25, 0.3) is 0 Å². The van der Waals surface area contributed by atoms with E-state index in [0.29, 0.717) is 19.8 Å². The molecule has 0 saturated heterocycles. The summed E-state index contributed by atoms with van der Waals surface area (Å²) in [5.74, 6) is 0. The lowest BCUT2D eigenvalue weighted by molar-refractivity contribution is -0.137. The van der Waals surface area contributed by atoms with E-state index in [2.05, 4.69) is 0 Å². The maximum atomic E-state index is 5.26. The molecule has 0 aromatic carbocycles. The number of nitrogens with zero attached hydrogens (tertiary/aromatic N) is 1. The molecule has 0 fully saturated rings. The fourth-order valence-electron chi connectivity index (χ4n) is 0.789. The van der Waals surface area contributed by atoms with Gasteiger partial charge in [0.2, 0.25) is 0 Å². The Morgan fingerprint density at radius 3 is 2.33 bits per heavy atom. The Kier molecular flexibility index (Phi) is 8.81. The van der Waals surface area contributed by atoms with Gasteiger partial charge in [-0.1, -0.05) is 6.92 Å². The van der Waals surface area contributed by atoms with Crippen LogP contribution in [0.3, 0.4) is 0 Å². The summed E-state index contributed by atoms with van der Waals surface area (Å²) in [6.45, 7) is 5.71. The molecule has 0 rings (SSSR count). The van der Waals surface area contributed by atoms with E-state index in [9.17, 15) is 0 Å². The molecule has 0 unspecified atom stereocenters. The highest BCUT2D eigenvalue weighted by atomic mass is 16.7. The van der Waals surface area contributed by atoms with Crippen LogP contribution in [-0.4, -0.2) is 52.2 Å². The van der Waals surface area contributed by atoms with Gasteiger partial charge < -0.3 is 14.3 Å². The van der Waals surface area contributed by atoms with Crippen LogP contribution in [0.15, 0.2) is 0 Å². The second-order valence-corrected chi connectivity index (χ2v) is 2.31. The summed E-state index contributed by atoms with van der Waals surface area (Å²) in [5.41, 5.74) is 0. The molecule has 0 bridgehead atoms. The van der Waals surface area contributed by atoms with E-state index in [0.717, 1.165) is 13.1 Å². The van der Waals surface area contributed by atoms with E-state index >= 15 is 0 Å². The minimum Gasteiger partial charge on any atom is -0.382 e. The lowest BCUT2D eigenvalue weighted by atomic mass is 10.6. The molecule has 0 aliphatic heterocycles. The van der Waals surface area contributed by atoms with Crippen molar-refractivity contribution in [2.45, 2.75) is 6.92 Å². The highest BCUT2D eigenvalue weighted by molar-refractivity contribution is 4.40. The van der Waals surface area contributed by atoms with Crippen molar-refractivity contribution >= 4 is 0 Å². The fraction of sp³-hybridized carbons (Fsp3) is 1.00. The minimum atomic E-state index is 0.651. The largest absolute Gasteiger partial charge is 0.382 e. The van der Waals surface area contributed by atoms with Gasteiger partial charge >= 0.3 is 0 Å². The van der Waals surface area contributed by atoms with Gasteiger partial charge in [0.1, 0.15) is 0 Å². The predicted molar refractivity (Wildman–Crippen MR) is 47.0 cm³/mol. The normalized spacial score (nSPS) is 11.0. The standard InChI is InChI=1S/C8H19NO3/c1-4-9(11-3)5-6-12-8-7-10-2/h4-8H2,1-3H3. The van der Waals surface area contributed by atoms with Crippen LogP contribution < -0.4 is 0 Å². The quantitative estimate of drug-likeness (QED) is 0.400. The van der Waals surface area contributed by atoms with Crippen LogP contribution in [0, 0.1) is 0 Å². The molecule has 4 heteroatoms. The zero-order valence-corrected chi connectivity index (χ0v) is 8.21. The molecule has 4 nitrogen and oxygen atoms in total. The Morgan fingerprint density at radius 2 is 1.83 bits per heavy atom. The van der Waals surface area contributed by atoms with Gasteiger partial charge in [-0.05, 0) is 0 Å². The summed E-state index contributed by atoms with van der Waals surface area (Å²) < 4.78 is 10.1. The Hall–Kier alpha value is -0.160. The van der Waals surface area contributed by atoms with Crippen molar-refractivity contribution in [3.8, 4) is 0 Å². The van der Waals surface area contributed by atoms with Crippen LogP contribution in [0.25, 0.3) is 0 Å². The van der Waals surface area contributed by atoms with E-state index < -0.39 is 0 Å². The third-order valence-corrected chi connectivity index (χ3v) is 1.53. The first kappa shape index (κ1) is 11.8. The average molecular weight is 177 g/mol. The summed E-state index contributed by atoms with van der Waals surface area (Å²) in [5, 5.41) is 1.84. The van der Waals surface area contributed by atoms with E-state index in [1.807, 2.05) is 12.0 Å². The number of ether oxygens (including phenoxy) is 2. The van der Waals surface area contributed by atoms with Crippen molar-refractivity contribution in [3.05, 3.63) is 0 Å². The van der Waals surface area contributed by atoms with Crippen molar-refractivity contribution in [1.29, 1.82) is 0 Å². The Balaban J connectivity index is 3.06. The summed E-state index contributed by atoms with van der Waals surface area (Å²) in [7, 11) is 3.33. The van der Waals surface area contributed by atoms with Crippen LogP contribution in [0.4, 0.5) is 0 Å². The number of likely N-dealkylation sites (N-methyl/N-ethyl adjacent to an activating group) is 1. The maximum Gasteiger partial charge on any atom is 0.0700 e. The van der Waals surface area contributed by atoms with Gasteiger partial charge in [0, 0.05) is 20.2 Å². The average Bonchev–Trinajstić information content (AvgIpc) is 2.11. The number of hydroxylamine groups is 2. The number of hydrogen-bond donors (Lipinski definition) is 0. The maximum absolute atomic E-state index is 5.26. The zero-order chi connectivity index (χ0) is 9.23. The number of rotatable bonds is 8. The van der Waals surface area contributed by atoms with Crippen molar-refractivity contribution in [1.82, 2.24) is 5.06 Å². The van der Waals surface area contributed by atoms with Crippen molar-refractivity contribution in [2.75, 3.05) is 47.1 Å². The topological polar surface area (TPSA) is 30.9 Å². The molecule has 74 valence electrons. The first-order valence-electron chi connectivity index (χ1n) is 4.20. The fourth-order valence-corrected chi connectivity index (χ4v) is 0.789. The first-order valence-corrected chi connectivity index (χ1v) is 4.20. The van der Waals surface area contributed by atoms with Gasteiger partial charge in [0.05, 0.1) is 26.9 Å². The predicted octanol–water partition coefficient (Wildman–Crippen LogP) is 0.533. The lowest BCUT2D eigenvalue weighted by Crippen LogP contribution is -2.26. The molecular formula is C8H19NO3. The molecule has 0 saturated carbocycles. The molecule has 0 amide bonds. The second-order valence-electron chi connectivity index (χ2n) is 2.31. The van der Waals surface area contributed by atoms with Crippen molar-refractivity contribution < 1.29 is 14.3 Å². The number of methoxy groups -OCH3 is 1. The molecule has 0 aromatic heterocycles. The lowest BCUT2D eigenvalue weighted by Gasteiger charge is -2.16. The van der Waals surface area contributed by atoms with Crippen LogP contribution >= 0.6 is 0 Å². The Labute approximate surface area is 74.3 Å². The molecule has 0 atom stereocenters. The van der Waals surface area contributed by atoms with Crippen LogP contribution in [0.5, 0.6) is 0 Å². The van der Waals surface area contributed by atoms with E-state index in [1.54, 1.807) is 14.2 Å². The van der Waals surface area contributed by atoms with E-state index in [1.165, 1.54) is 0 Å². The highest BCUT2D eigenvalue weighted by Gasteiger charge is 1.98. The molecular weight excluding hydrogens is 158 g/mol. The summed E-state index contributed by atoms with van der Waals surface area (Å²) in [4.78, 5) is 5.03. The zero-order valence-electron chi connectivity index (χ0n) is 8.21. The van der Waals surface area contributed by atoms with Gasteiger partial charge in [0.15, 0.2) is 0 Å². The molecule has 0 aliphatic carbocycles. The molecule has 0 aliphatic rings. The number of hydrogen-bond acceptors (Lipinski definition) is 4. The van der Waals surface area contributed by atoms with Crippen LogP contribution in [-0.2, 0) is 14.3 Å². The highest BCUT2D eigenvalue weighted by Crippen LogP contribution is 1.87. The van der Waals surface area contributed by atoms with Gasteiger partial charge in [-0.15, -0.1) is 0 Å². The minimum absolute atomic E-state index is 0.651. The monoisotopic (exact) mass is 177 g/mol. The van der Waals surface area contributed by atoms with Crippen molar-refractivity contribution in [3.63, 3.8) is 0 Å². The summed E-state index contributed by atoms with van der Waals surface area (Å²) >= 11 is 0. The molecule has 0 aromatic rings. The van der Waals surface area contributed by atoms with Gasteiger partial charge in [-0.25, -0.2) is 0 Å². The third kappa shape index (κ3) is 6.54. The summed E-state index contributed by atoms with van der Waals surface area (Å²) in [6, 6.07) is 0. The van der Waals surface area contributed by atoms with E-state index in [4.69, 9.17) is 14.3 Å².